The van der Waals surface area contributed by atoms with Crippen molar-refractivity contribution in [2.45, 2.75) is 38.2 Å². The Kier molecular flexibility index (Phi) is 2.90. The van der Waals surface area contributed by atoms with E-state index in [1.807, 2.05) is 0 Å². The van der Waals surface area contributed by atoms with Crippen molar-refractivity contribution in [1.29, 1.82) is 0 Å². The summed E-state index contributed by atoms with van der Waals surface area (Å²) in [5, 5.41) is 0. The monoisotopic (exact) mass is 232 g/mol. The lowest BCUT2D eigenvalue weighted by molar-refractivity contribution is 0.164. The molecule has 0 bridgehead atoms. The van der Waals surface area contributed by atoms with Crippen LogP contribution in [0.3, 0.4) is 0 Å². The molecule has 0 spiro atoms. The van der Waals surface area contributed by atoms with Crippen LogP contribution in [0.5, 0.6) is 5.88 Å². The fourth-order valence-electron chi connectivity index (χ4n) is 1.38. The predicted octanol–water partition coefficient (Wildman–Crippen LogP) is 1.43. The second-order valence-electron chi connectivity index (χ2n) is 4.62. The zero-order valence-corrected chi connectivity index (χ0v) is 10.0. The van der Waals surface area contributed by atoms with Crippen LogP contribution in [0.2, 0.25) is 0 Å². The largest absolute Gasteiger partial charge is 0.458 e. The van der Waals surface area contributed by atoms with Gasteiger partial charge in [0.05, 0.1) is 0 Å². The molecule has 1 aromatic heterocycles. The van der Waals surface area contributed by atoms with Crippen molar-refractivity contribution in [1.82, 2.24) is 9.97 Å². The van der Waals surface area contributed by atoms with E-state index in [2.05, 4.69) is 21.3 Å². The Morgan fingerprint density at radius 1 is 1.53 bits per heavy atom. The normalized spacial score (nSPS) is 15.2. The average molecular weight is 232 g/mol. The summed E-state index contributed by atoms with van der Waals surface area (Å²) in [7, 11) is 0. The lowest BCUT2D eigenvalue weighted by atomic mass is 10.1. The van der Waals surface area contributed by atoms with Crippen LogP contribution in [0, 0.1) is 12.3 Å². The highest BCUT2D eigenvalue weighted by atomic mass is 16.5. The van der Waals surface area contributed by atoms with E-state index < -0.39 is 5.60 Å². The molecule has 0 aromatic carbocycles. The number of rotatable bonds is 4. The molecule has 17 heavy (non-hydrogen) atoms. The summed E-state index contributed by atoms with van der Waals surface area (Å²) in [6.45, 7) is 3.61. The molecule has 1 aliphatic rings. The van der Waals surface area contributed by atoms with E-state index in [4.69, 9.17) is 17.0 Å². The minimum atomic E-state index is -0.693. The summed E-state index contributed by atoms with van der Waals surface area (Å²) >= 11 is 0. The van der Waals surface area contributed by atoms with Gasteiger partial charge in [-0.15, -0.1) is 6.42 Å². The highest BCUT2D eigenvalue weighted by molar-refractivity contribution is 5.38. The molecule has 1 aromatic rings. The molecule has 2 rings (SSSR count). The molecule has 0 saturated heterocycles. The van der Waals surface area contributed by atoms with E-state index in [0.717, 1.165) is 18.7 Å². The zero-order chi connectivity index (χ0) is 12.5. The molecule has 5 heteroatoms. The third-order valence-electron chi connectivity index (χ3n) is 2.52. The van der Waals surface area contributed by atoms with Gasteiger partial charge in [-0.05, 0) is 26.7 Å². The Bertz CT molecular complexity index is 460. The number of anilines is 1. The Balaban J connectivity index is 2.27. The van der Waals surface area contributed by atoms with Crippen molar-refractivity contribution in [2.75, 3.05) is 5.43 Å². The highest BCUT2D eigenvalue weighted by Gasteiger charge is 2.28. The van der Waals surface area contributed by atoms with Crippen LogP contribution in [-0.4, -0.2) is 15.6 Å². The third kappa shape index (κ3) is 2.86. The van der Waals surface area contributed by atoms with Gasteiger partial charge in [-0.2, -0.15) is 4.98 Å². The summed E-state index contributed by atoms with van der Waals surface area (Å²) in [4.78, 5) is 8.64. The van der Waals surface area contributed by atoms with E-state index in [-0.39, 0.29) is 0 Å². The minimum Gasteiger partial charge on any atom is -0.458 e. The number of terminal acetylenes is 1. The number of aromatic nitrogens is 2. The zero-order valence-electron chi connectivity index (χ0n) is 10.0. The van der Waals surface area contributed by atoms with Gasteiger partial charge in [0.1, 0.15) is 11.6 Å². The number of ether oxygens (including phenoxy) is 1. The molecule has 0 atom stereocenters. The van der Waals surface area contributed by atoms with Gasteiger partial charge in [-0.3, -0.25) is 0 Å². The molecule has 1 aliphatic carbocycles. The number of nitrogens with two attached hydrogens (primary N) is 1. The van der Waals surface area contributed by atoms with Gasteiger partial charge in [0.25, 0.3) is 0 Å². The molecule has 90 valence electrons. The minimum absolute atomic E-state index is 0.430. The first-order valence-corrected chi connectivity index (χ1v) is 5.56. The summed E-state index contributed by atoms with van der Waals surface area (Å²) in [5.41, 5.74) is 1.82. The van der Waals surface area contributed by atoms with Crippen molar-refractivity contribution >= 4 is 5.82 Å². The van der Waals surface area contributed by atoms with Crippen LogP contribution in [0.1, 0.15) is 38.4 Å². The van der Waals surface area contributed by atoms with E-state index in [1.165, 1.54) is 0 Å². The molecular weight excluding hydrogens is 216 g/mol. The van der Waals surface area contributed by atoms with Crippen LogP contribution in [0.25, 0.3) is 0 Å². The van der Waals surface area contributed by atoms with Gasteiger partial charge in [0, 0.05) is 12.0 Å². The first-order valence-electron chi connectivity index (χ1n) is 5.56. The highest BCUT2D eigenvalue weighted by Crippen LogP contribution is 2.39. The van der Waals surface area contributed by atoms with Crippen molar-refractivity contribution in [3.8, 4) is 18.2 Å². The predicted molar refractivity (Wildman–Crippen MR) is 65.4 cm³/mol. The van der Waals surface area contributed by atoms with Crippen LogP contribution in [0.4, 0.5) is 5.82 Å². The van der Waals surface area contributed by atoms with Gasteiger partial charge in [0.15, 0.2) is 5.60 Å². The van der Waals surface area contributed by atoms with Crippen molar-refractivity contribution in [3.63, 3.8) is 0 Å². The summed E-state index contributed by atoms with van der Waals surface area (Å²) in [6, 6.07) is 1.64. The van der Waals surface area contributed by atoms with Gasteiger partial charge >= 0.3 is 0 Å². The molecule has 0 radical (unpaired) electrons. The molecule has 1 fully saturated rings. The quantitative estimate of drug-likeness (QED) is 0.467. The first-order chi connectivity index (χ1) is 8.04. The second-order valence-corrected chi connectivity index (χ2v) is 4.62. The number of nitrogen functional groups attached to an aromatic ring is 1. The van der Waals surface area contributed by atoms with Gasteiger partial charge < -0.3 is 10.2 Å². The number of hydrazine groups is 1. The fraction of sp³-hybridized carbons (Fsp3) is 0.500. The average Bonchev–Trinajstić information content (AvgIpc) is 3.12. The maximum Gasteiger partial charge on any atom is 0.220 e. The smallest absolute Gasteiger partial charge is 0.220 e. The lowest BCUT2D eigenvalue weighted by Crippen LogP contribution is -2.26. The SMILES string of the molecule is C#CC(C)(C)Oc1cc(NN)nc(C2CC2)n1. The molecular formula is C12H16N4O. The van der Waals surface area contributed by atoms with Crippen LogP contribution in [-0.2, 0) is 0 Å². The molecule has 1 saturated carbocycles. The maximum atomic E-state index is 5.63. The standard InChI is InChI=1S/C12H16N4O/c1-4-12(2,3)17-10-7-9(16-13)14-11(15-10)8-5-6-8/h1,7-8H,5-6,13H2,2-3H3,(H,14,15,16). The van der Waals surface area contributed by atoms with Crippen LogP contribution in [0.15, 0.2) is 6.07 Å². The van der Waals surface area contributed by atoms with Crippen molar-refractivity contribution < 1.29 is 4.74 Å². The van der Waals surface area contributed by atoms with E-state index in [9.17, 15) is 0 Å². The maximum absolute atomic E-state index is 5.63. The first kappa shape index (κ1) is 11.7. The second kappa shape index (κ2) is 4.22. The van der Waals surface area contributed by atoms with Crippen molar-refractivity contribution in [2.24, 2.45) is 5.84 Å². The number of nitrogens with zero attached hydrogens (tertiary/aromatic N) is 2. The van der Waals surface area contributed by atoms with Gasteiger partial charge in [0.2, 0.25) is 5.88 Å². The third-order valence-corrected chi connectivity index (χ3v) is 2.52. The van der Waals surface area contributed by atoms with Crippen molar-refractivity contribution in [3.05, 3.63) is 11.9 Å². The van der Waals surface area contributed by atoms with Gasteiger partial charge in [-0.1, -0.05) is 5.92 Å². The number of nitrogens with one attached hydrogen (secondary N) is 1. The topological polar surface area (TPSA) is 73.1 Å². The molecule has 5 nitrogen and oxygen atoms in total. The molecule has 1 heterocycles. The summed E-state index contributed by atoms with van der Waals surface area (Å²) < 4.78 is 5.63. The lowest BCUT2D eigenvalue weighted by Gasteiger charge is -2.19. The Labute approximate surface area is 101 Å². The molecule has 3 N–H and O–H groups in total. The molecule has 0 unspecified atom stereocenters. The fourth-order valence-corrected chi connectivity index (χ4v) is 1.38. The number of hydrogen-bond donors (Lipinski definition) is 2. The molecule has 0 aliphatic heterocycles. The molecule has 0 amide bonds. The Morgan fingerprint density at radius 3 is 2.76 bits per heavy atom. The summed E-state index contributed by atoms with van der Waals surface area (Å²) in [6.07, 6.45) is 7.61. The van der Waals surface area contributed by atoms with Crippen LogP contribution < -0.4 is 16.0 Å². The Hall–Kier alpha value is -1.80. The Morgan fingerprint density at radius 2 is 2.24 bits per heavy atom. The number of hydrogen-bond acceptors (Lipinski definition) is 5. The summed E-state index contributed by atoms with van der Waals surface area (Å²) in [5.74, 6) is 10.1. The van der Waals surface area contributed by atoms with E-state index >= 15 is 0 Å². The van der Waals surface area contributed by atoms with E-state index in [0.29, 0.717) is 17.6 Å². The van der Waals surface area contributed by atoms with Crippen LogP contribution >= 0.6 is 0 Å². The van der Waals surface area contributed by atoms with E-state index in [1.54, 1.807) is 19.9 Å². The van der Waals surface area contributed by atoms with Gasteiger partial charge in [-0.25, -0.2) is 10.8 Å².